The Balaban J connectivity index is 1.43. The van der Waals surface area contributed by atoms with E-state index in [1.165, 1.54) is 29.6 Å². The maximum Gasteiger partial charge on any atom is 0.264 e. The van der Waals surface area contributed by atoms with E-state index in [4.69, 9.17) is 32.7 Å². The van der Waals surface area contributed by atoms with Gasteiger partial charge in [-0.1, -0.05) is 41.4 Å². The number of carbonyl (C=O) groups excluding carboxylic acids is 1. The average Bonchev–Trinajstić information content (AvgIpc) is 3.23. The normalized spacial score (nSPS) is 12.9. The lowest BCUT2D eigenvalue weighted by molar-refractivity contribution is -0.118. The summed E-state index contributed by atoms with van der Waals surface area (Å²) in [6.07, 6.45) is 0.652. The fourth-order valence-corrected chi connectivity index (χ4v) is 5.62. The molecule has 0 unspecified atom stereocenters. The summed E-state index contributed by atoms with van der Waals surface area (Å²) in [5.74, 6) is 0.253. The van der Waals surface area contributed by atoms with E-state index in [0.717, 1.165) is 5.56 Å². The number of amides is 1. The second kappa shape index (κ2) is 9.51. The number of nitrogens with zero attached hydrogens (tertiary/aromatic N) is 1. The van der Waals surface area contributed by atoms with Gasteiger partial charge < -0.3 is 14.8 Å². The number of fused-ring (bicyclic) bond motifs is 1. The van der Waals surface area contributed by atoms with Crippen LogP contribution >= 0.6 is 23.2 Å². The van der Waals surface area contributed by atoms with Crippen molar-refractivity contribution in [2.24, 2.45) is 0 Å². The molecule has 3 aromatic carbocycles. The predicted molar refractivity (Wildman–Crippen MR) is 128 cm³/mol. The molecule has 1 heterocycles. The number of anilines is 2. The molecule has 0 aromatic heterocycles. The fraction of sp³-hybridized carbons (Fsp3) is 0.174. The Hall–Kier alpha value is -2.94. The molecule has 4 rings (SSSR count). The first kappa shape index (κ1) is 23.2. The van der Waals surface area contributed by atoms with Crippen molar-refractivity contribution in [3.8, 4) is 11.5 Å². The van der Waals surface area contributed by atoms with Crippen LogP contribution in [0.5, 0.6) is 11.5 Å². The van der Waals surface area contributed by atoms with Crippen LogP contribution in [-0.4, -0.2) is 34.6 Å². The zero-order valence-corrected chi connectivity index (χ0v) is 19.9. The Bertz CT molecular complexity index is 1310. The average molecular weight is 507 g/mol. The number of methoxy groups -OCH3 is 1. The van der Waals surface area contributed by atoms with Crippen LogP contribution in [0.4, 0.5) is 11.4 Å². The lowest BCUT2D eigenvalue weighted by atomic mass is 10.2. The van der Waals surface area contributed by atoms with E-state index in [-0.39, 0.29) is 22.3 Å². The molecule has 0 radical (unpaired) electrons. The van der Waals surface area contributed by atoms with Crippen molar-refractivity contribution in [1.82, 2.24) is 0 Å². The summed E-state index contributed by atoms with van der Waals surface area (Å²) in [7, 11) is -2.28. The first-order chi connectivity index (χ1) is 15.8. The molecule has 0 bridgehead atoms. The standard InChI is InChI=1S/C23H20Cl2N2O5S/c1-31-21-8-6-16(12-18(21)24)26-23(28)14-32-22-9-7-17(13-19(22)25)33(29,30)27-11-10-15-4-2-3-5-20(15)27/h2-9,12-13H,10-11,14H2,1H3,(H,26,28). The lowest BCUT2D eigenvalue weighted by Crippen LogP contribution is -2.29. The number of para-hydroxylation sites is 1. The maximum absolute atomic E-state index is 13.1. The lowest BCUT2D eigenvalue weighted by Gasteiger charge is -2.20. The van der Waals surface area contributed by atoms with Gasteiger partial charge in [0.2, 0.25) is 0 Å². The molecule has 0 saturated carbocycles. The topological polar surface area (TPSA) is 84.9 Å². The molecule has 1 amide bonds. The third-order valence-corrected chi connectivity index (χ3v) is 7.53. The van der Waals surface area contributed by atoms with Gasteiger partial charge in [0, 0.05) is 12.2 Å². The van der Waals surface area contributed by atoms with Crippen LogP contribution in [0.3, 0.4) is 0 Å². The van der Waals surface area contributed by atoms with Crippen molar-refractivity contribution >= 4 is 50.5 Å². The van der Waals surface area contributed by atoms with Gasteiger partial charge in [-0.15, -0.1) is 0 Å². The monoisotopic (exact) mass is 506 g/mol. The van der Waals surface area contributed by atoms with Crippen LogP contribution in [0.2, 0.25) is 10.0 Å². The van der Waals surface area contributed by atoms with Gasteiger partial charge in [-0.2, -0.15) is 0 Å². The van der Waals surface area contributed by atoms with Gasteiger partial charge in [0.15, 0.2) is 6.61 Å². The SMILES string of the molecule is COc1ccc(NC(=O)COc2ccc(S(=O)(=O)N3CCc4ccccc43)cc2Cl)cc1Cl. The van der Waals surface area contributed by atoms with Crippen molar-refractivity contribution in [3.63, 3.8) is 0 Å². The van der Waals surface area contributed by atoms with E-state index < -0.39 is 15.9 Å². The van der Waals surface area contributed by atoms with Crippen LogP contribution in [0.15, 0.2) is 65.6 Å². The van der Waals surface area contributed by atoms with Gasteiger partial charge in [0.25, 0.3) is 15.9 Å². The van der Waals surface area contributed by atoms with Crippen molar-refractivity contribution in [3.05, 3.63) is 76.3 Å². The van der Waals surface area contributed by atoms with Gasteiger partial charge >= 0.3 is 0 Å². The molecule has 0 spiro atoms. The molecule has 3 aromatic rings. The molecule has 0 aliphatic carbocycles. The Morgan fingerprint density at radius 3 is 2.48 bits per heavy atom. The zero-order chi connectivity index (χ0) is 23.6. The van der Waals surface area contributed by atoms with Crippen LogP contribution in [0.25, 0.3) is 0 Å². The van der Waals surface area contributed by atoms with Gasteiger partial charge in [-0.25, -0.2) is 8.42 Å². The van der Waals surface area contributed by atoms with Gasteiger partial charge in [0.1, 0.15) is 11.5 Å². The number of rotatable bonds is 7. The van der Waals surface area contributed by atoms with Crippen molar-refractivity contribution in [2.45, 2.75) is 11.3 Å². The molecule has 7 nitrogen and oxygen atoms in total. The number of ether oxygens (including phenoxy) is 2. The molecule has 172 valence electrons. The zero-order valence-electron chi connectivity index (χ0n) is 17.5. The summed E-state index contributed by atoms with van der Waals surface area (Å²) in [6, 6.07) is 16.4. The summed E-state index contributed by atoms with van der Waals surface area (Å²) >= 11 is 12.3. The summed E-state index contributed by atoms with van der Waals surface area (Å²) < 4.78 is 38.2. The number of hydrogen-bond donors (Lipinski definition) is 1. The van der Waals surface area contributed by atoms with E-state index in [0.29, 0.717) is 35.1 Å². The molecule has 0 atom stereocenters. The molecule has 1 N–H and O–H groups in total. The summed E-state index contributed by atoms with van der Waals surface area (Å²) in [5.41, 5.74) is 2.13. The number of benzene rings is 3. The molecule has 33 heavy (non-hydrogen) atoms. The van der Waals surface area contributed by atoms with Crippen LogP contribution in [0, 0.1) is 0 Å². The summed E-state index contributed by atoms with van der Waals surface area (Å²) in [4.78, 5) is 12.3. The van der Waals surface area contributed by atoms with E-state index >= 15 is 0 Å². The van der Waals surface area contributed by atoms with E-state index in [9.17, 15) is 13.2 Å². The largest absolute Gasteiger partial charge is 0.495 e. The Morgan fingerprint density at radius 2 is 1.76 bits per heavy atom. The van der Waals surface area contributed by atoms with Crippen molar-refractivity contribution < 1.29 is 22.7 Å². The number of carbonyl (C=O) groups is 1. The molecule has 10 heteroatoms. The Labute approximate surface area is 201 Å². The number of halogens is 2. The molecule has 0 saturated heterocycles. The first-order valence-electron chi connectivity index (χ1n) is 9.96. The van der Waals surface area contributed by atoms with Gasteiger partial charge in [-0.3, -0.25) is 9.10 Å². The predicted octanol–water partition coefficient (Wildman–Crippen LogP) is 4.77. The molecular weight excluding hydrogens is 487 g/mol. The molecular formula is C23H20Cl2N2O5S. The highest BCUT2D eigenvalue weighted by Gasteiger charge is 2.31. The first-order valence-corrected chi connectivity index (χ1v) is 12.2. The second-order valence-corrected chi connectivity index (χ2v) is 9.91. The number of nitrogens with one attached hydrogen (secondary N) is 1. The van der Waals surface area contributed by atoms with Crippen molar-refractivity contribution in [2.75, 3.05) is 29.9 Å². The number of hydrogen-bond acceptors (Lipinski definition) is 5. The van der Waals surface area contributed by atoms with E-state index in [1.54, 1.807) is 24.3 Å². The fourth-order valence-electron chi connectivity index (χ4n) is 3.53. The quantitative estimate of drug-likeness (QED) is 0.498. The smallest absolute Gasteiger partial charge is 0.264 e. The van der Waals surface area contributed by atoms with Crippen LogP contribution in [-0.2, 0) is 21.2 Å². The Morgan fingerprint density at radius 1 is 1.03 bits per heavy atom. The minimum Gasteiger partial charge on any atom is -0.495 e. The minimum absolute atomic E-state index is 0.0499. The highest BCUT2D eigenvalue weighted by Crippen LogP contribution is 2.35. The highest BCUT2D eigenvalue weighted by atomic mass is 35.5. The van der Waals surface area contributed by atoms with Crippen LogP contribution < -0.4 is 19.1 Å². The molecule has 1 aliphatic heterocycles. The van der Waals surface area contributed by atoms with E-state index in [2.05, 4.69) is 5.32 Å². The van der Waals surface area contributed by atoms with E-state index in [1.807, 2.05) is 18.2 Å². The summed E-state index contributed by atoms with van der Waals surface area (Å²) in [5, 5.41) is 3.10. The minimum atomic E-state index is -3.78. The molecule has 0 fully saturated rings. The third-order valence-electron chi connectivity index (χ3n) is 5.13. The summed E-state index contributed by atoms with van der Waals surface area (Å²) in [6.45, 7) is 0.0437. The van der Waals surface area contributed by atoms with Gasteiger partial charge in [0.05, 0.1) is 27.7 Å². The highest BCUT2D eigenvalue weighted by molar-refractivity contribution is 7.92. The van der Waals surface area contributed by atoms with Gasteiger partial charge in [-0.05, 0) is 54.4 Å². The number of sulfonamides is 1. The maximum atomic E-state index is 13.1. The third kappa shape index (κ3) is 4.88. The van der Waals surface area contributed by atoms with Crippen molar-refractivity contribution in [1.29, 1.82) is 0 Å². The van der Waals surface area contributed by atoms with Crippen LogP contribution in [0.1, 0.15) is 5.56 Å². The molecule has 1 aliphatic rings. The Kier molecular flexibility index (Phi) is 6.69. The second-order valence-electron chi connectivity index (χ2n) is 7.23.